The third kappa shape index (κ3) is 5.27. The first-order valence-corrected chi connectivity index (χ1v) is 11.6. The Balaban J connectivity index is 1.61. The standard InChI is InChI=1S/C22H25NO9S/c1-29-20(24)16-3-2-4-18(15-16)32-14-13-31-17-5-7-19(8-6-17)33(27,28)22(21(25)23-26)9-11-30-12-10-22/h2-8,15,26H,9-14H2,1H3,(H,23,25). The molecule has 0 unspecified atom stereocenters. The minimum Gasteiger partial charge on any atom is -0.490 e. The van der Waals surface area contributed by atoms with Crippen molar-refractivity contribution in [2.75, 3.05) is 33.5 Å². The van der Waals surface area contributed by atoms with Gasteiger partial charge in [-0.25, -0.2) is 18.7 Å². The van der Waals surface area contributed by atoms with Gasteiger partial charge in [-0.15, -0.1) is 0 Å². The molecule has 0 radical (unpaired) electrons. The molecular formula is C22H25NO9S. The van der Waals surface area contributed by atoms with Gasteiger partial charge in [-0.1, -0.05) is 6.07 Å². The fourth-order valence-electron chi connectivity index (χ4n) is 3.51. The highest BCUT2D eigenvalue weighted by atomic mass is 32.2. The van der Waals surface area contributed by atoms with Gasteiger partial charge < -0.3 is 18.9 Å². The Morgan fingerprint density at radius 3 is 2.27 bits per heavy atom. The van der Waals surface area contributed by atoms with Crippen LogP contribution in [0.2, 0.25) is 0 Å². The molecule has 1 heterocycles. The van der Waals surface area contributed by atoms with E-state index in [-0.39, 0.29) is 44.2 Å². The molecule has 0 bridgehead atoms. The van der Waals surface area contributed by atoms with Gasteiger partial charge >= 0.3 is 5.97 Å². The number of benzene rings is 2. The van der Waals surface area contributed by atoms with Crippen LogP contribution >= 0.6 is 0 Å². The smallest absolute Gasteiger partial charge is 0.337 e. The van der Waals surface area contributed by atoms with Gasteiger partial charge in [-0.05, 0) is 55.3 Å². The Labute approximate surface area is 191 Å². The van der Waals surface area contributed by atoms with E-state index >= 15 is 0 Å². The molecule has 178 valence electrons. The van der Waals surface area contributed by atoms with Crippen molar-refractivity contribution in [3.8, 4) is 11.5 Å². The van der Waals surface area contributed by atoms with Crippen molar-refractivity contribution in [1.29, 1.82) is 0 Å². The average Bonchev–Trinajstić information content (AvgIpc) is 2.86. The summed E-state index contributed by atoms with van der Waals surface area (Å²) in [5.74, 6) is -0.550. The summed E-state index contributed by atoms with van der Waals surface area (Å²) in [6.45, 7) is 0.542. The number of amides is 1. The van der Waals surface area contributed by atoms with Gasteiger partial charge in [0.2, 0.25) is 0 Å². The SMILES string of the molecule is COC(=O)c1cccc(OCCOc2ccc(S(=O)(=O)C3(C(=O)NO)CCOCC3)cc2)c1. The number of sulfone groups is 1. The van der Waals surface area contributed by atoms with Crippen molar-refractivity contribution < 1.29 is 42.2 Å². The molecule has 10 nitrogen and oxygen atoms in total. The number of ether oxygens (including phenoxy) is 4. The molecule has 1 aliphatic rings. The molecule has 1 saturated heterocycles. The van der Waals surface area contributed by atoms with Crippen molar-refractivity contribution in [1.82, 2.24) is 5.48 Å². The van der Waals surface area contributed by atoms with Crippen LogP contribution in [0.25, 0.3) is 0 Å². The Kier molecular flexibility index (Phi) is 7.90. The summed E-state index contributed by atoms with van der Waals surface area (Å²) in [4.78, 5) is 23.8. The van der Waals surface area contributed by atoms with Crippen LogP contribution in [0.5, 0.6) is 11.5 Å². The van der Waals surface area contributed by atoms with Crippen LogP contribution in [0, 0.1) is 0 Å². The molecule has 3 rings (SSSR count). The Hall–Kier alpha value is -3.15. The summed E-state index contributed by atoms with van der Waals surface area (Å²) >= 11 is 0. The summed E-state index contributed by atoms with van der Waals surface area (Å²) in [6.07, 6.45) is -0.122. The zero-order valence-electron chi connectivity index (χ0n) is 18.0. The fourth-order valence-corrected chi connectivity index (χ4v) is 5.45. The maximum atomic E-state index is 13.2. The molecule has 11 heteroatoms. The molecule has 33 heavy (non-hydrogen) atoms. The molecule has 0 spiro atoms. The fraction of sp³-hybridized carbons (Fsp3) is 0.364. The molecule has 1 aliphatic heterocycles. The van der Waals surface area contributed by atoms with Gasteiger partial charge in [0.15, 0.2) is 14.6 Å². The van der Waals surface area contributed by atoms with Gasteiger partial charge in [0.05, 0.1) is 17.6 Å². The Bertz CT molecular complexity index is 1080. The van der Waals surface area contributed by atoms with Crippen molar-refractivity contribution in [2.24, 2.45) is 0 Å². The van der Waals surface area contributed by atoms with Crippen LogP contribution in [-0.4, -0.2) is 63.8 Å². The molecule has 1 fully saturated rings. The molecule has 0 saturated carbocycles. The number of hydrogen-bond acceptors (Lipinski definition) is 9. The molecule has 1 amide bonds. The number of esters is 1. The Morgan fingerprint density at radius 1 is 1.03 bits per heavy atom. The second-order valence-electron chi connectivity index (χ2n) is 7.24. The second kappa shape index (κ2) is 10.6. The van der Waals surface area contributed by atoms with E-state index in [1.165, 1.54) is 36.9 Å². The van der Waals surface area contributed by atoms with Crippen molar-refractivity contribution in [3.05, 3.63) is 54.1 Å². The third-order valence-electron chi connectivity index (χ3n) is 5.34. The maximum Gasteiger partial charge on any atom is 0.337 e. The number of nitrogens with one attached hydrogen (secondary N) is 1. The lowest BCUT2D eigenvalue weighted by Gasteiger charge is -2.34. The predicted molar refractivity (Wildman–Crippen MR) is 115 cm³/mol. The van der Waals surface area contributed by atoms with E-state index in [9.17, 15) is 18.0 Å². The van der Waals surface area contributed by atoms with E-state index < -0.39 is 26.5 Å². The lowest BCUT2D eigenvalue weighted by atomic mass is 9.98. The molecule has 2 aromatic carbocycles. The second-order valence-corrected chi connectivity index (χ2v) is 9.50. The van der Waals surface area contributed by atoms with E-state index in [1.807, 2.05) is 0 Å². The molecule has 0 aromatic heterocycles. The van der Waals surface area contributed by atoms with Crippen LogP contribution in [-0.2, 0) is 24.1 Å². The van der Waals surface area contributed by atoms with Crippen LogP contribution < -0.4 is 15.0 Å². The minimum atomic E-state index is -4.10. The van der Waals surface area contributed by atoms with E-state index in [4.69, 9.17) is 19.4 Å². The highest BCUT2D eigenvalue weighted by Crippen LogP contribution is 2.35. The predicted octanol–water partition coefficient (Wildman–Crippen LogP) is 1.76. The van der Waals surface area contributed by atoms with Gasteiger partial charge in [-0.2, -0.15) is 0 Å². The van der Waals surface area contributed by atoms with Gasteiger partial charge in [-0.3, -0.25) is 10.0 Å². The van der Waals surface area contributed by atoms with Crippen molar-refractivity contribution in [3.63, 3.8) is 0 Å². The van der Waals surface area contributed by atoms with Crippen LogP contribution in [0.4, 0.5) is 0 Å². The quantitative estimate of drug-likeness (QED) is 0.238. The molecule has 0 atom stereocenters. The summed E-state index contributed by atoms with van der Waals surface area (Å²) in [7, 11) is -2.80. The number of carbonyl (C=O) groups excluding carboxylic acids is 2. The Morgan fingerprint density at radius 2 is 1.67 bits per heavy atom. The molecular weight excluding hydrogens is 454 g/mol. The zero-order valence-corrected chi connectivity index (χ0v) is 18.8. The number of hydrogen-bond donors (Lipinski definition) is 2. The lowest BCUT2D eigenvalue weighted by Crippen LogP contribution is -2.54. The van der Waals surface area contributed by atoms with Gasteiger partial charge in [0.25, 0.3) is 5.91 Å². The molecule has 2 aromatic rings. The van der Waals surface area contributed by atoms with Gasteiger partial charge in [0.1, 0.15) is 24.7 Å². The van der Waals surface area contributed by atoms with E-state index in [0.717, 1.165) is 0 Å². The number of hydroxylamine groups is 1. The first-order chi connectivity index (χ1) is 15.8. The zero-order chi connectivity index (χ0) is 23.9. The largest absolute Gasteiger partial charge is 0.490 e. The average molecular weight is 480 g/mol. The highest BCUT2D eigenvalue weighted by molar-refractivity contribution is 7.93. The molecule has 2 N–H and O–H groups in total. The summed E-state index contributed by atoms with van der Waals surface area (Å²) < 4.78 is 45.6. The number of carbonyl (C=O) groups is 2. The van der Waals surface area contributed by atoms with Gasteiger partial charge in [0, 0.05) is 13.2 Å². The number of rotatable bonds is 9. The normalized spacial score (nSPS) is 15.3. The van der Waals surface area contributed by atoms with E-state index in [2.05, 4.69) is 4.74 Å². The lowest BCUT2D eigenvalue weighted by molar-refractivity contribution is -0.134. The van der Waals surface area contributed by atoms with Crippen LogP contribution in [0.1, 0.15) is 23.2 Å². The number of methoxy groups -OCH3 is 1. The summed E-state index contributed by atoms with van der Waals surface area (Å²) in [6, 6.07) is 12.2. The van der Waals surface area contributed by atoms with E-state index in [1.54, 1.807) is 24.3 Å². The molecule has 0 aliphatic carbocycles. The van der Waals surface area contributed by atoms with E-state index in [0.29, 0.717) is 17.1 Å². The van der Waals surface area contributed by atoms with Crippen molar-refractivity contribution in [2.45, 2.75) is 22.5 Å². The maximum absolute atomic E-state index is 13.2. The minimum absolute atomic E-state index is 0.0591. The summed E-state index contributed by atoms with van der Waals surface area (Å²) in [5, 5.41) is 9.10. The van der Waals surface area contributed by atoms with Crippen LogP contribution in [0.15, 0.2) is 53.4 Å². The first-order valence-electron chi connectivity index (χ1n) is 10.1. The first kappa shape index (κ1) is 24.5. The van der Waals surface area contributed by atoms with Crippen LogP contribution in [0.3, 0.4) is 0 Å². The third-order valence-corrected chi connectivity index (χ3v) is 7.86. The summed E-state index contributed by atoms with van der Waals surface area (Å²) in [5.41, 5.74) is 1.85. The van der Waals surface area contributed by atoms with Crippen molar-refractivity contribution >= 4 is 21.7 Å². The highest BCUT2D eigenvalue weighted by Gasteiger charge is 2.52. The monoisotopic (exact) mass is 479 g/mol. The topological polar surface area (TPSA) is 137 Å².